The number of hydrogen-bond acceptors (Lipinski definition) is 3. The van der Waals surface area contributed by atoms with Gasteiger partial charge in [-0.25, -0.2) is 9.00 Å². The Kier molecular flexibility index (Phi) is 4.97. The van der Waals surface area contributed by atoms with E-state index < -0.39 is 17.2 Å². The maximum atomic E-state index is 11.3. The second-order valence-corrected chi connectivity index (χ2v) is 5.60. The molecule has 1 fully saturated rings. The second-order valence-electron chi connectivity index (χ2n) is 4.90. The lowest BCUT2D eigenvalue weighted by atomic mass is 9.95. The molecule has 0 aromatic heterocycles. The lowest BCUT2D eigenvalue weighted by molar-refractivity contribution is 0.0698. The van der Waals surface area contributed by atoms with E-state index >= 15 is 0 Å². The molecule has 1 atom stereocenters. The summed E-state index contributed by atoms with van der Waals surface area (Å²) in [5.74, 6) is -1.06. The number of benzene rings is 1. The molecule has 7 heteroatoms. The molecule has 1 unspecified atom stereocenters. The largest absolute Gasteiger partial charge is 0.478 e. The van der Waals surface area contributed by atoms with Crippen LogP contribution in [0.3, 0.4) is 0 Å². The van der Waals surface area contributed by atoms with Gasteiger partial charge in [-0.3, -0.25) is 9.27 Å². The quantitative estimate of drug-likeness (QED) is 0.626. The predicted octanol–water partition coefficient (Wildman–Crippen LogP) is 2.68. The molecule has 0 spiro atoms. The summed E-state index contributed by atoms with van der Waals surface area (Å²) in [5, 5.41) is 12.5. The first-order valence-electron chi connectivity index (χ1n) is 6.57. The van der Waals surface area contributed by atoms with Crippen LogP contribution in [-0.4, -0.2) is 25.9 Å². The number of anilines is 2. The Balaban J connectivity index is 2.18. The zero-order valence-electron chi connectivity index (χ0n) is 11.0. The standard InChI is InChI=1S/C13H18N2O4S/c16-13(17)11-8-10(15-20(18)19)6-7-12(11)14-9-4-2-1-3-5-9/h6-9,14-15H,1-5H2,(H,16,17)(H,18,19). The van der Waals surface area contributed by atoms with Crippen molar-refractivity contribution in [3.05, 3.63) is 23.8 Å². The third-order valence-corrected chi connectivity index (χ3v) is 3.83. The normalized spacial score (nSPS) is 17.4. The van der Waals surface area contributed by atoms with Crippen LogP contribution in [0.2, 0.25) is 0 Å². The molecule has 0 heterocycles. The molecule has 0 radical (unpaired) electrons. The highest BCUT2D eigenvalue weighted by molar-refractivity contribution is 7.80. The van der Waals surface area contributed by atoms with Crippen molar-refractivity contribution in [3.63, 3.8) is 0 Å². The average Bonchev–Trinajstić information content (AvgIpc) is 2.41. The first-order valence-corrected chi connectivity index (χ1v) is 7.68. The number of nitrogens with one attached hydrogen (secondary N) is 2. The van der Waals surface area contributed by atoms with Crippen molar-refractivity contribution in [1.29, 1.82) is 0 Å². The van der Waals surface area contributed by atoms with Crippen molar-refractivity contribution < 1.29 is 18.7 Å². The van der Waals surface area contributed by atoms with Crippen molar-refractivity contribution in [2.45, 2.75) is 38.1 Å². The SMILES string of the molecule is O=C(O)c1cc(NS(=O)O)ccc1NC1CCCCC1. The first-order chi connectivity index (χ1) is 9.56. The van der Waals surface area contributed by atoms with E-state index in [0.29, 0.717) is 17.4 Å². The Hall–Kier alpha value is -1.60. The van der Waals surface area contributed by atoms with Gasteiger partial charge in [0, 0.05) is 17.4 Å². The summed E-state index contributed by atoms with van der Waals surface area (Å²) in [6.45, 7) is 0. The van der Waals surface area contributed by atoms with Crippen LogP contribution in [0.25, 0.3) is 0 Å². The van der Waals surface area contributed by atoms with Crippen LogP contribution < -0.4 is 10.0 Å². The van der Waals surface area contributed by atoms with Gasteiger partial charge in [0.25, 0.3) is 11.3 Å². The second kappa shape index (κ2) is 6.71. The maximum Gasteiger partial charge on any atom is 0.337 e. The number of carboxylic acid groups (broad SMARTS) is 1. The molecule has 0 saturated heterocycles. The summed E-state index contributed by atoms with van der Waals surface area (Å²) in [6, 6.07) is 4.88. The highest BCUT2D eigenvalue weighted by Gasteiger charge is 2.17. The van der Waals surface area contributed by atoms with Gasteiger partial charge < -0.3 is 10.4 Å². The Morgan fingerprint density at radius 2 is 1.95 bits per heavy atom. The van der Waals surface area contributed by atoms with Gasteiger partial charge in [-0.15, -0.1) is 0 Å². The van der Waals surface area contributed by atoms with E-state index in [9.17, 15) is 14.1 Å². The van der Waals surface area contributed by atoms with Crippen LogP contribution in [-0.2, 0) is 11.3 Å². The van der Waals surface area contributed by atoms with Gasteiger partial charge >= 0.3 is 5.97 Å². The van der Waals surface area contributed by atoms with Gasteiger partial charge in [-0.1, -0.05) is 19.3 Å². The van der Waals surface area contributed by atoms with Crippen molar-refractivity contribution in [3.8, 4) is 0 Å². The zero-order chi connectivity index (χ0) is 14.5. The lowest BCUT2D eigenvalue weighted by Crippen LogP contribution is -2.23. The number of carboxylic acids is 1. The smallest absolute Gasteiger partial charge is 0.337 e. The minimum Gasteiger partial charge on any atom is -0.478 e. The van der Waals surface area contributed by atoms with E-state index in [1.54, 1.807) is 12.1 Å². The number of aromatic carboxylic acids is 1. The Morgan fingerprint density at radius 3 is 2.55 bits per heavy atom. The molecule has 1 aromatic carbocycles. The highest BCUT2D eigenvalue weighted by Crippen LogP contribution is 2.26. The Morgan fingerprint density at radius 1 is 1.25 bits per heavy atom. The van der Waals surface area contributed by atoms with E-state index in [1.807, 2.05) is 0 Å². The molecule has 110 valence electrons. The van der Waals surface area contributed by atoms with Crippen molar-refractivity contribution in [1.82, 2.24) is 0 Å². The molecule has 20 heavy (non-hydrogen) atoms. The van der Waals surface area contributed by atoms with Gasteiger partial charge in [-0.05, 0) is 31.0 Å². The molecule has 2 rings (SSSR count). The molecular formula is C13H18N2O4S. The monoisotopic (exact) mass is 298 g/mol. The Labute approximate surface area is 120 Å². The Bertz CT molecular complexity index is 515. The summed E-state index contributed by atoms with van der Waals surface area (Å²) in [5.41, 5.74) is 0.960. The van der Waals surface area contributed by atoms with E-state index in [0.717, 1.165) is 25.7 Å². The molecule has 1 aromatic rings. The van der Waals surface area contributed by atoms with Crippen molar-refractivity contribution in [2.24, 2.45) is 0 Å². The van der Waals surface area contributed by atoms with E-state index in [2.05, 4.69) is 10.0 Å². The zero-order valence-corrected chi connectivity index (χ0v) is 11.8. The molecule has 4 N–H and O–H groups in total. The molecule has 0 bridgehead atoms. The maximum absolute atomic E-state index is 11.3. The molecule has 1 aliphatic carbocycles. The van der Waals surface area contributed by atoms with E-state index in [-0.39, 0.29) is 5.56 Å². The predicted molar refractivity (Wildman–Crippen MR) is 78.3 cm³/mol. The van der Waals surface area contributed by atoms with Crippen LogP contribution in [0.5, 0.6) is 0 Å². The summed E-state index contributed by atoms with van der Waals surface area (Å²) in [6.07, 6.45) is 5.63. The number of carbonyl (C=O) groups is 1. The van der Waals surface area contributed by atoms with Crippen molar-refractivity contribution in [2.75, 3.05) is 10.0 Å². The summed E-state index contributed by atoms with van der Waals surface area (Å²) < 4.78 is 21.7. The fourth-order valence-electron chi connectivity index (χ4n) is 2.48. The van der Waals surface area contributed by atoms with Crippen LogP contribution in [0.1, 0.15) is 42.5 Å². The van der Waals surface area contributed by atoms with E-state index in [4.69, 9.17) is 4.55 Å². The van der Waals surface area contributed by atoms with E-state index in [1.165, 1.54) is 12.5 Å². The molecule has 1 aliphatic rings. The van der Waals surface area contributed by atoms with Gasteiger partial charge in [0.15, 0.2) is 0 Å². The summed E-state index contributed by atoms with van der Waals surface area (Å²) in [7, 11) is 0. The third-order valence-electron chi connectivity index (χ3n) is 3.42. The van der Waals surface area contributed by atoms with Gasteiger partial charge in [0.1, 0.15) is 0 Å². The first kappa shape index (κ1) is 14.8. The average molecular weight is 298 g/mol. The summed E-state index contributed by atoms with van der Waals surface area (Å²) >= 11 is -2.21. The highest BCUT2D eigenvalue weighted by atomic mass is 32.2. The van der Waals surface area contributed by atoms with Crippen LogP contribution in [0.4, 0.5) is 11.4 Å². The number of hydrogen-bond donors (Lipinski definition) is 4. The minimum absolute atomic E-state index is 0.103. The van der Waals surface area contributed by atoms with Crippen LogP contribution >= 0.6 is 0 Å². The number of rotatable bonds is 5. The van der Waals surface area contributed by atoms with Crippen LogP contribution in [0.15, 0.2) is 18.2 Å². The fraction of sp³-hybridized carbons (Fsp3) is 0.462. The topological polar surface area (TPSA) is 98.7 Å². The fourth-order valence-corrected chi connectivity index (χ4v) is 2.81. The summed E-state index contributed by atoms with van der Waals surface area (Å²) in [4.78, 5) is 11.3. The molecular weight excluding hydrogens is 280 g/mol. The molecule has 1 saturated carbocycles. The van der Waals surface area contributed by atoms with Gasteiger partial charge in [0.2, 0.25) is 0 Å². The minimum atomic E-state index is -2.21. The molecule has 0 aliphatic heterocycles. The van der Waals surface area contributed by atoms with Crippen molar-refractivity contribution >= 4 is 28.6 Å². The van der Waals surface area contributed by atoms with Crippen LogP contribution in [0, 0.1) is 0 Å². The lowest BCUT2D eigenvalue weighted by Gasteiger charge is -2.24. The van der Waals surface area contributed by atoms with Gasteiger partial charge in [0.05, 0.1) is 5.56 Å². The van der Waals surface area contributed by atoms with Gasteiger partial charge in [-0.2, -0.15) is 0 Å². The molecule has 6 nitrogen and oxygen atoms in total. The molecule has 0 amide bonds. The third kappa shape index (κ3) is 3.94.